The van der Waals surface area contributed by atoms with Crippen LogP contribution in [-0.2, 0) is 9.53 Å². The maximum absolute atomic E-state index is 12.5. The number of carboxylic acid groups (broad SMARTS) is 1. The highest BCUT2D eigenvalue weighted by Crippen LogP contribution is 2.27. The third kappa shape index (κ3) is 4.53. The summed E-state index contributed by atoms with van der Waals surface area (Å²) in [4.78, 5) is 29.3. The maximum Gasteiger partial charge on any atom is 0.323 e. The number of carboxylic acids is 1. The van der Waals surface area contributed by atoms with Crippen LogP contribution in [-0.4, -0.2) is 60.8 Å². The van der Waals surface area contributed by atoms with Crippen molar-refractivity contribution in [1.82, 2.24) is 9.88 Å². The van der Waals surface area contributed by atoms with Gasteiger partial charge in [0.05, 0.1) is 19.9 Å². The monoisotopic (exact) mass is 350 g/mol. The molecule has 1 aromatic heterocycles. The molecule has 0 spiro atoms. The Morgan fingerprint density at radius 2 is 1.96 bits per heavy atom. The predicted molar refractivity (Wildman–Crippen MR) is 89.5 cm³/mol. The molecule has 0 saturated carbocycles. The second kappa shape index (κ2) is 8.42. The Hall–Kier alpha value is -2.45. The van der Waals surface area contributed by atoms with Crippen LogP contribution in [0.2, 0.25) is 0 Å². The second-order valence-electron chi connectivity index (χ2n) is 4.87. The number of nitrogens with zero attached hydrogens (tertiary/aromatic N) is 2. The van der Waals surface area contributed by atoms with Gasteiger partial charge in [-0.1, -0.05) is 0 Å². The molecule has 7 nitrogen and oxygen atoms in total. The number of hydrogen-bond donors (Lipinski definition) is 1. The number of aliphatic carboxylic acids is 1. The molecule has 1 heterocycles. The molecule has 128 valence electrons. The predicted octanol–water partition coefficient (Wildman–Crippen LogP) is 1.99. The van der Waals surface area contributed by atoms with E-state index in [1.807, 2.05) is 24.3 Å². The zero-order valence-electron chi connectivity index (χ0n) is 13.4. The van der Waals surface area contributed by atoms with Crippen LogP contribution in [0.15, 0.2) is 30.5 Å². The van der Waals surface area contributed by atoms with Crippen LogP contribution in [0, 0.1) is 0 Å². The number of carbonyl (C=O) groups excluding carboxylic acids is 1. The largest absolute Gasteiger partial charge is 0.497 e. The summed E-state index contributed by atoms with van der Waals surface area (Å²) < 4.78 is 10.0. The quantitative estimate of drug-likeness (QED) is 0.783. The van der Waals surface area contributed by atoms with E-state index < -0.39 is 5.97 Å². The number of hydrogen-bond acceptors (Lipinski definition) is 6. The highest BCUT2D eigenvalue weighted by Gasteiger charge is 2.21. The lowest BCUT2D eigenvalue weighted by atomic mass is 10.2. The summed E-state index contributed by atoms with van der Waals surface area (Å²) in [6.45, 7) is 0.0958. The third-order valence-electron chi connectivity index (χ3n) is 3.23. The van der Waals surface area contributed by atoms with Crippen LogP contribution in [0.4, 0.5) is 0 Å². The van der Waals surface area contributed by atoms with Crippen molar-refractivity contribution in [3.63, 3.8) is 0 Å². The summed E-state index contributed by atoms with van der Waals surface area (Å²) in [5.74, 6) is -0.704. The molecule has 0 saturated heterocycles. The lowest BCUT2D eigenvalue weighted by Gasteiger charge is -2.19. The molecule has 0 aliphatic carbocycles. The molecular weight excluding hydrogens is 332 g/mol. The van der Waals surface area contributed by atoms with Gasteiger partial charge in [-0.05, 0) is 24.3 Å². The van der Waals surface area contributed by atoms with E-state index in [0.717, 1.165) is 11.3 Å². The van der Waals surface area contributed by atoms with Crippen molar-refractivity contribution < 1.29 is 24.2 Å². The molecule has 1 N–H and O–H groups in total. The minimum Gasteiger partial charge on any atom is -0.497 e. The van der Waals surface area contributed by atoms with Gasteiger partial charge in [-0.15, -0.1) is 11.3 Å². The molecule has 0 aliphatic heterocycles. The van der Waals surface area contributed by atoms with Crippen molar-refractivity contribution in [3.05, 3.63) is 35.3 Å². The first-order valence-electron chi connectivity index (χ1n) is 7.15. The van der Waals surface area contributed by atoms with E-state index in [1.54, 1.807) is 7.11 Å². The molecule has 0 bridgehead atoms. The normalized spacial score (nSPS) is 10.4. The van der Waals surface area contributed by atoms with Crippen LogP contribution in [0.1, 0.15) is 9.67 Å². The van der Waals surface area contributed by atoms with Crippen LogP contribution in [0.25, 0.3) is 10.6 Å². The van der Waals surface area contributed by atoms with E-state index in [-0.39, 0.29) is 25.6 Å². The molecule has 2 aromatic rings. The fraction of sp³-hybridized carbons (Fsp3) is 0.312. The molecule has 0 aliphatic rings. The number of amides is 1. The lowest BCUT2D eigenvalue weighted by Crippen LogP contribution is -2.37. The first-order chi connectivity index (χ1) is 11.5. The summed E-state index contributed by atoms with van der Waals surface area (Å²) in [6.07, 6.45) is 1.47. The summed E-state index contributed by atoms with van der Waals surface area (Å²) in [5.41, 5.74) is 0.863. The number of rotatable bonds is 8. The molecule has 0 fully saturated rings. The van der Waals surface area contributed by atoms with Gasteiger partial charge in [-0.3, -0.25) is 9.59 Å². The average molecular weight is 350 g/mol. The van der Waals surface area contributed by atoms with Crippen LogP contribution >= 0.6 is 11.3 Å². The van der Waals surface area contributed by atoms with Crippen LogP contribution in [0.5, 0.6) is 5.75 Å². The number of aromatic nitrogens is 1. The molecule has 0 radical (unpaired) electrons. The van der Waals surface area contributed by atoms with E-state index in [4.69, 9.17) is 14.6 Å². The first-order valence-corrected chi connectivity index (χ1v) is 7.97. The van der Waals surface area contributed by atoms with E-state index in [9.17, 15) is 9.59 Å². The van der Waals surface area contributed by atoms with Gasteiger partial charge in [0, 0.05) is 19.2 Å². The Morgan fingerprint density at radius 1 is 1.25 bits per heavy atom. The molecule has 0 unspecified atom stereocenters. The Bertz CT molecular complexity index is 699. The smallest absolute Gasteiger partial charge is 0.323 e. The van der Waals surface area contributed by atoms with E-state index in [1.165, 1.54) is 29.5 Å². The third-order valence-corrected chi connectivity index (χ3v) is 4.27. The van der Waals surface area contributed by atoms with Gasteiger partial charge in [0.15, 0.2) is 0 Å². The summed E-state index contributed by atoms with van der Waals surface area (Å²) in [5, 5.41) is 9.64. The van der Waals surface area contributed by atoms with Gasteiger partial charge >= 0.3 is 5.97 Å². The maximum atomic E-state index is 12.5. The van der Waals surface area contributed by atoms with E-state index in [2.05, 4.69) is 4.98 Å². The molecule has 0 atom stereocenters. The fourth-order valence-corrected chi connectivity index (χ4v) is 2.90. The van der Waals surface area contributed by atoms with E-state index >= 15 is 0 Å². The van der Waals surface area contributed by atoms with Gasteiger partial charge in [0.25, 0.3) is 5.91 Å². The van der Waals surface area contributed by atoms with Crippen molar-refractivity contribution in [3.8, 4) is 16.3 Å². The molecule has 24 heavy (non-hydrogen) atoms. The molecule has 1 aromatic carbocycles. The topological polar surface area (TPSA) is 89.0 Å². The highest BCUT2D eigenvalue weighted by atomic mass is 32.1. The summed E-state index contributed by atoms with van der Waals surface area (Å²) in [6, 6.07) is 7.33. The van der Waals surface area contributed by atoms with Crippen molar-refractivity contribution in [2.75, 3.05) is 33.9 Å². The number of methoxy groups -OCH3 is 2. The Labute approximate surface area is 143 Å². The zero-order valence-corrected chi connectivity index (χ0v) is 14.2. The van der Waals surface area contributed by atoms with Crippen LogP contribution in [0.3, 0.4) is 0 Å². The van der Waals surface area contributed by atoms with E-state index in [0.29, 0.717) is 9.88 Å². The molecule has 2 rings (SSSR count). The number of benzene rings is 1. The van der Waals surface area contributed by atoms with Gasteiger partial charge < -0.3 is 19.5 Å². The highest BCUT2D eigenvalue weighted by molar-refractivity contribution is 7.16. The molecular formula is C16H18N2O5S. The summed E-state index contributed by atoms with van der Waals surface area (Å²) in [7, 11) is 3.09. The van der Waals surface area contributed by atoms with Crippen molar-refractivity contribution in [1.29, 1.82) is 0 Å². The Balaban J connectivity index is 2.17. The standard InChI is InChI=1S/C16H18N2O5S/c1-22-8-7-18(10-14(19)20)16(21)13-9-17-15(24-13)11-3-5-12(23-2)6-4-11/h3-6,9H,7-8,10H2,1-2H3,(H,19,20). The van der Waals surface area contributed by atoms with Gasteiger partial charge in [-0.25, -0.2) is 4.98 Å². The van der Waals surface area contributed by atoms with Gasteiger partial charge in [0.2, 0.25) is 0 Å². The molecule has 8 heteroatoms. The van der Waals surface area contributed by atoms with Crippen molar-refractivity contribution >= 4 is 23.2 Å². The number of thiazole rings is 1. The first kappa shape index (κ1) is 17.9. The minimum atomic E-state index is -1.07. The zero-order chi connectivity index (χ0) is 17.5. The Kier molecular flexibility index (Phi) is 6.28. The fourth-order valence-electron chi connectivity index (χ4n) is 2.01. The van der Waals surface area contributed by atoms with Crippen LogP contribution < -0.4 is 4.74 Å². The SMILES string of the molecule is COCCN(CC(=O)O)C(=O)c1cnc(-c2ccc(OC)cc2)s1. The van der Waals surface area contributed by atoms with Gasteiger partial charge in [0.1, 0.15) is 22.2 Å². The van der Waals surface area contributed by atoms with Crippen molar-refractivity contribution in [2.45, 2.75) is 0 Å². The number of ether oxygens (including phenoxy) is 2. The lowest BCUT2D eigenvalue weighted by molar-refractivity contribution is -0.137. The minimum absolute atomic E-state index is 0.206. The number of carbonyl (C=O) groups is 2. The summed E-state index contributed by atoms with van der Waals surface area (Å²) >= 11 is 1.22. The van der Waals surface area contributed by atoms with Crippen molar-refractivity contribution in [2.24, 2.45) is 0 Å². The second-order valence-corrected chi connectivity index (χ2v) is 5.90. The van der Waals surface area contributed by atoms with Gasteiger partial charge in [-0.2, -0.15) is 0 Å². The Morgan fingerprint density at radius 3 is 2.54 bits per heavy atom. The molecule has 1 amide bonds. The average Bonchev–Trinajstić information content (AvgIpc) is 3.07.